The highest BCUT2D eigenvalue weighted by Crippen LogP contribution is 2.13. The van der Waals surface area contributed by atoms with Crippen molar-refractivity contribution < 1.29 is 9.90 Å². The van der Waals surface area contributed by atoms with Gasteiger partial charge in [-0.1, -0.05) is 0 Å². The molecule has 0 saturated carbocycles. The fraction of sp³-hybridized carbons (Fsp3) is 0.917. The molecule has 4 nitrogen and oxygen atoms in total. The summed E-state index contributed by atoms with van der Waals surface area (Å²) in [5, 5.41) is 9.07. The SMILES string of the molecule is CN(CCCN1CCCC1)C(C)(C)C(=O)O. The third-order valence-electron chi connectivity index (χ3n) is 3.64. The number of hydrogen-bond acceptors (Lipinski definition) is 3. The molecule has 1 aliphatic rings. The molecule has 0 unspecified atom stereocenters. The Balaban J connectivity index is 2.23. The minimum atomic E-state index is -0.759. The van der Waals surface area contributed by atoms with Crippen LogP contribution in [0.2, 0.25) is 0 Å². The first-order valence-corrected chi connectivity index (χ1v) is 6.11. The van der Waals surface area contributed by atoms with Gasteiger partial charge in [-0.3, -0.25) is 9.69 Å². The second-order valence-corrected chi connectivity index (χ2v) is 5.19. The van der Waals surface area contributed by atoms with Gasteiger partial charge in [0.1, 0.15) is 5.54 Å². The van der Waals surface area contributed by atoms with Gasteiger partial charge in [0.2, 0.25) is 0 Å². The van der Waals surface area contributed by atoms with Crippen LogP contribution in [0.4, 0.5) is 0 Å². The molecule has 0 atom stereocenters. The molecule has 1 rings (SSSR count). The van der Waals surface area contributed by atoms with E-state index in [1.807, 2.05) is 11.9 Å². The van der Waals surface area contributed by atoms with E-state index in [2.05, 4.69) is 4.90 Å². The molecule has 1 heterocycles. The Morgan fingerprint density at radius 2 is 1.94 bits per heavy atom. The van der Waals surface area contributed by atoms with Crippen molar-refractivity contribution in [1.29, 1.82) is 0 Å². The van der Waals surface area contributed by atoms with E-state index in [0.717, 1.165) is 19.5 Å². The highest BCUT2D eigenvalue weighted by atomic mass is 16.4. The van der Waals surface area contributed by atoms with Gasteiger partial charge in [0.25, 0.3) is 0 Å². The lowest BCUT2D eigenvalue weighted by Gasteiger charge is -2.31. The first-order chi connectivity index (χ1) is 7.44. The van der Waals surface area contributed by atoms with Gasteiger partial charge in [-0.25, -0.2) is 0 Å². The predicted octanol–water partition coefficient (Wildman–Crippen LogP) is 1.27. The lowest BCUT2D eigenvalue weighted by molar-refractivity contribution is -0.148. The number of carboxylic acids is 1. The number of carbonyl (C=O) groups is 1. The number of likely N-dealkylation sites (N-methyl/N-ethyl adjacent to an activating group) is 1. The molecule has 0 bridgehead atoms. The minimum absolute atomic E-state index is 0.754. The van der Waals surface area contributed by atoms with E-state index in [0.29, 0.717) is 0 Å². The summed E-state index contributed by atoms with van der Waals surface area (Å²) >= 11 is 0. The zero-order chi connectivity index (χ0) is 12.2. The maximum absolute atomic E-state index is 11.0. The van der Waals surface area contributed by atoms with E-state index in [9.17, 15) is 4.79 Å². The van der Waals surface area contributed by atoms with Crippen LogP contribution in [0.3, 0.4) is 0 Å². The molecular weight excluding hydrogens is 204 g/mol. The largest absolute Gasteiger partial charge is 0.480 e. The van der Waals surface area contributed by atoms with E-state index in [-0.39, 0.29) is 0 Å². The number of hydrogen-bond donors (Lipinski definition) is 1. The highest BCUT2D eigenvalue weighted by Gasteiger charge is 2.31. The van der Waals surface area contributed by atoms with E-state index < -0.39 is 11.5 Å². The zero-order valence-electron chi connectivity index (χ0n) is 10.7. The molecule has 1 fully saturated rings. The van der Waals surface area contributed by atoms with Crippen LogP contribution in [-0.4, -0.2) is 59.6 Å². The van der Waals surface area contributed by atoms with Gasteiger partial charge in [-0.2, -0.15) is 0 Å². The maximum Gasteiger partial charge on any atom is 0.323 e. The molecule has 0 aromatic heterocycles. The van der Waals surface area contributed by atoms with Gasteiger partial charge in [0.15, 0.2) is 0 Å². The maximum atomic E-state index is 11.0. The van der Waals surface area contributed by atoms with Crippen LogP contribution in [0.15, 0.2) is 0 Å². The van der Waals surface area contributed by atoms with Crippen LogP contribution in [0, 0.1) is 0 Å². The Hall–Kier alpha value is -0.610. The number of carboxylic acid groups (broad SMARTS) is 1. The summed E-state index contributed by atoms with van der Waals surface area (Å²) in [6.45, 7) is 7.88. The first-order valence-electron chi connectivity index (χ1n) is 6.11. The van der Waals surface area contributed by atoms with E-state index in [1.165, 1.54) is 25.9 Å². The van der Waals surface area contributed by atoms with Crippen LogP contribution in [0.1, 0.15) is 33.1 Å². The van der Waals surface area contributed by atoms with Crippen molar-refractivity contribution in [3.8, 4) is 0 Å². The van der Waals surface area contributed by atoms with Gasteiger partial charge in [-0.15, -0.1) is 0 Å². The summed E-state index contributed by atoms with van der Waals surface area (Å²) in [6.07, 6.45) is 3.68. The molecule has 0 radical (unpaired) electrons. The second kappa shape index (κ2) is 5.64. The molecule has 1 saturated heterocycles. The second-order valence-electron chi connectivity index (χ2n) is 5.19. The lowest BCUT2D eigenvalue weighted by Crippen LogP contribution is -2.48. The average molecular weight is 228 g/mol. The molecule has 94 valence electrons. The Bertz CT molecular complexity index is 235. The summed E-state index contributed by atoms with van der Waals surface area (Å²) in [4.78, 5) is 15.4. The van der Waals surface area contributed by atoms with Crippen molar-refractivity contribution in [2.75, 3.05) is 33.2 Å². The van der Waals surface area contributed by atoms with Crippen LogP contribution in [0.5, 0.6) is 0 Å². The van der Waals surface area contributed by atoms with Crippen LogP contribution in [0.25, 0.3) is 0 Å². The van der Waals surface area contributed by atoms with Crippen LogP contribution >= 0.6 is 0 Å². The number of aliphatic carboxylic acids is 1. The molecule has 0 spiro atoms. The minimum Gasteiger partial charge on any atom is -0.480 e. The number of rotatable bonds is 6. The highest BCUT2D eigenvalue weighted by molar-refractivity contribution is 5.77. The van der Waals surface area contributed by atoms with Crippen molar-refractivity contribution in [2.24, 2.45) is 0 Å². The molecule has 1 N–H and O–H groups in total. The molecule has 0 amide bonds. The third kappa shape index (κ3) is 3.46. The van der Waals surface area contributed by atoms with Gasteiger partial charge in [-0.05, 0) is 59.8 Å². The van der Waals surface area contributed by atoms with E-state index >= 15 is 0 Å². The fourth-order valence-electron chi connectivity index (χ4n) is 1.98. The van der Waals surface area contributed by atoms with Crippen molar-refractivity contribution in [3.05, 3.63) is 0 Å². The quantitative estimate of drug-likeness (QED) is 0.743. The summed E-state index contributed by atoms with van der Waals surface area (Å²) in [5.74, 6) is -0.754. The van der Waals surface area contributed by atoms with Gasteiger partial charge in [0, 0.05) is 6.54 Å². The molecule has 1 aliphatic heterocycles. The summed E-state index contributed by atoms with van der Waals surface area (Å²) in [5.41, 5.74) is -0.759. The topological polar surface area (TPSA) is 43.8 Å². The Kier molecular flexibility index (Phi) is 4.74. The summed E-state index contributed by atoms with van der Waals surface area (Å²) < 4.78 is 0. The van der Waals surface area contributed by atoms with E-state index in [1.54, 1.807) is 13.8 Å². The lowest BCUT2D eigenvalue weighted by atomic mass is 10.0. The monoisotopic (exact) mass is 228 g/mol. The van der Waals surface area contributed by atoms with Crippen molar-refractivity contribution in [1.82, 2.24) is 9.80 Å². The molecule has 0 aliphatic carbocycles. The molecule has 0 aromatic rings. The number of likely N-dealkylation sites (tertiary alicyclic amines) is 1. The molecular formula is C12H24N2O2. The Labute approximate surface area is 98.2 Å². The van der Waals surface area contributed by atoms with Crippen molar-refractivity contribution in [2.45, 2.75) is 38.6 Å². The number of nitrogens with zero attached hydrogens (tertiary/aromatic N) is 2. The van der Waals surface area contributed by atoms with Gasteiger partial charge < -0.3 is 10.0 Å². The van der Waals surface area contributed by atoms with Crippen LogP contribution < -0.4 is 0 Å². The van der Waals surface area contributed by atoms with Crippen molar-refractivity contribution >= 4 is 5.97 Å². The third-order valence-corrected chi connectivity index (χ3v) is 3.64. The first kappa shape index (κ1) is 13.5. The standard InChI is InChI=1S/C12H24N2O2/c1-12(2,11(15)16)13(3)7-6-10-14-8-4-5-9-14/h4-10H2,1-3H3,(H,15,16). The zero-order valence-corrected chi connectivity index (χ0v) is 10.7. The van der Waals surface area contributed by atoms with Gasteiger partial charge >= 0.3 is 5.97 Å². The average Bonchev–Trinajstić information content (AvgIpc) is 2.70. The van der Waals surface area contributed by atoms with Gasteiger partial charge in [0.05, 0.1) is 0 Å². The molecule has 0 aromatic carbocycles. The normalized spacial score (nSPS) is 18.2. The summed E-state index contributed by atoms with van der Waals surface area (Å²) in [7, 11) is 1.89. The predicted molar refractivity (Wildman–Crippen MR) is 64.6 cm³/mol. The molecule has 16 heavy (non-hydrogen) atoms. The Morgan fingerprint density at radius 1 is 1.38 bits per heavy atom. The fourth-order valence-corrected chi connectivity index (χ4v) is 1.98. The van der Waals surface area contributed by atoms with Crippen molar-refractivity contribution in [3.63, 3.8) is 0 Å². The van der Waals surface area contributed by atoms with Crippen LogP contribution in [-0.2, 0) is 4.79 Å². The molecule has 4 heteroatoms. The summed E-state index contributed by atoms with van der Waals surface area (Å²) in [6, 6.07) is 0. The smallest absolute Gasteiger partial charge is 0.323 e. The van der Waals surface area contributed by atoms with E-state index in [4.69, 9.17) is 5.11 Å². The Morgan fingerprint density at radius 3 is 2.44 bits per heavy atom.